The SMILES string of the molecule is COc1ccccc1C(=O)Nc1cc(C)ccc1OCc1cc(=O)n2cc(C)sc2n1. The molecule has 31 heavy (non-hydrogen) atoms. The fourth-order valence-electron chi connectivity index (χ4n) is 3.17. The average molecular weight is 436 g/mol. The number of rotatable bonds is 6. The maximum atomic E-state index is 12.8. The summed E-state index contributed by atoms with van der Waals surface area (Å²) in [7, 11) is 1.52. The van der Waals surface area contributed by atoms with E-state index in [-0.39, 0.29) is 18.1 Å². The van der Waals surface area contributed by atoms with E-state index in [4.69, 9.17) is 9.47 Å². The molecule has 0 aliphatic heterocycles. The third-order valence-corrected chi connectivity index (χ3v) is 5.54. The number of nitrogens with one attached hydrogen (secondary N) is 1. The van der Waals surface area contributed by atoms with Gasteiger partial charge in [-0.05, 0) is 43.7 Å². The summed E-state index contributed by atoms with van der Waals surface area (Å²) < 4.78 is 12.7. The lowest BCUT2D eigenvalue weighted by Gasteiger charge is -2.14. The normalized spacial score (nSPS) is 10.8. The maximum Gasteiger partial charge on any atom is 0.259 e. The van der Waals surface area contributed by atoms with Crippen LogP contribution in [-0.4, -0.2) is 22.4 Å². The number of hydrogen-bond donors (Lipinski definition) is 1. The van der Waals surface area contributed by atoms with Gasteiger partial charge in [0.1, 0.15) is 18.1 Å². The third kappa shape index (κ3) is 4.44. The molecule has 0 radical (unpaired) electrons. The first-order valence-electron chi connectivity index (χ1n) is 9.61. The summed E-state index contributed by atoms with van der Waals surface area (Å²) in [5, 5.41) is 2.89. The van der Waals surface area contributed by atoms with Crippen LogP contribution < -0.4 is 20.3 Å². The predicted octanol–water partition coefficient (Wildman–Crippen LogP) is 4.21. The summed E-state index contributed by atoms with van der Waals surface area (Å²) in [5.41, 5.74) is 2.29. The van der Waals surface area contributed by atoms with Gasteiger partial charge >= 0.3 is 0 Å². The Morgan fingerprint density at radius 3 is 2.74 bits per heavy atom. The number of amides is 1. The Kier molecular flexibility index (Phi) is 5.73. The summed E-state index contributed by atoms with van der Waals surface area (Å²) in [6.45, 7) is 3.96. The first-order valence-corrected chi connectivity index (χ1v) is 10.4. The van der Waals surface area contributed by atoms with Crippen LogP contribution in [0.3, 0.4) is 0 Å². The van der Waals surface area contributed by atoms with Crippen LogP contribution >= 0.6 is 11.3 Å². The Labute approximate surface area is 182 Å². The van der Waals surface area contributed by atoms with E-state index in [9.17, 15) is 9.59 Å². The molecule has 0 atom stereocenters. The van der Waals surface area contributed by atoms with Crippen LogP contribution in [0.2, 0.25) is 0 Å². The fraction of sp³-hybridized carbons (Fsp3) is 0.174. The molecular formula is C23H21N3O4S. The molecule has 7 nitrogen and oxygen atoms in total. The summed E-state index contributed by atoms with van der Waals surface area (Å²) in [6.07, 6.45) is 1.77. The van der Waals surface area contributed by atoms with Crippen molar-refractivity contribution in [2.24, 2.45) is 0 Å². The molecule has 0 unspecified atom stereocenters. The Morgan fingerprint density at radius 2 is 1.94 bits per heavy atom. The maximum absolute atomic E-state index is 12.8. The minimum atomic E-state index is -0.306. The topological polar surface area (TPSA) is 81.9 Å². The van der Waals surface area contributed by atoms with Gasteiger partial charge in [-0.25, -0.2) is 4.98 Å². The van der Waals surface area contributed by atoms with Crippen molar-refractivity contribution in [1.29, 1.82) is 0 Å². The van der Waals surface area contributed by atoms with Crippen molar-refractivity contribution in [3.63, 3.8) is 0 Å². The Hall–Kier alpha value is -3.65. The molecule has 0 aliphatic rings. The number of fused-ring (bicyclic) bond motifs is 1. The molecule has 0 bridgehead atoms. The molecule has 1 N–H and O–H groups in total. The molecule has 2 aromatic carbocycles. The molecule has 0 saturated heterocycles. The standard InChI is InChI=1S/C23H21N3O4S/c1-14-8-9-20(18(10-14)25-22(28)17-6-4-5-7-19(17)29-3)30-13-16-11-21(27)26-12-15(2)31-23(26)24-16/h4-12H,13H2,1-3H3,(H,25,28). The molecule has 2 heterocycles. The zero-order valence-electron chi connectivity index (χ0n) is 17.3. The number of thiazole rings is 1. The molecule has 4 rings (SSSR count). The Bertz CT molecular complexity index is 1330. The lowest BCUT2D eigenvalue weighted by atomic mass is 10.1. The number of nitrogens with zero attached hydrogens (tertiary/aromatic N) is 2. The highest BCUT2D eigenvalue weighted by molar-refractivity contribution is 7.16. The van der Waals surface area contributed by atoms with E-state index in [1.54, 1.807) is 36.5 Å². The molecule has 0 aliphatic carbocycles. The van der Waals surface area contributed by atoms with Gasteiger partial charge in [0.05, 0.1) is 24.1 Å². The highest BCUT2D eigenvalue weighted by atomic mass is 32.1. The van der Waals surface area contributed by atoms with E-state index in [1.165, 1.54) is 28.9 Å². The third-order valence-electron chi connectivity index (χ3n) is 4.65. The highest BCUT2D eigenvalue weighted by Gasteiger charge is 2.15. The second-order valence-electron chi connectivity index (χ2n) is 7.02. The van der Waals surface area contributed by atoms with Gasteiger partial charge in [0, 0.05) is 17.1 Å². The fourth-order valence-corrected chi connectivity index (χ4v) is 4.02. The summed E-state index contributed by atoms with van der Waals surface area (Å²) >= 11 is 1.44. The number of ether oxygens (including phenoxy) is 2. The van der Waals surface area contributed by atoms with Gasteiger partial charge in [-0.3, -0.25) is 14.0 Å². The molecule has 158 valence electrons. The van der Waals surface area contributed by atoms with Crippen molar-refractivity contribution in [3.8, 4) is 11.5 Å². The monoisotopic (exact) mass is 435 g/mol. The van der Waals surface area contributed by atoms with Crippen molar-refractivity contribution < 1.29 is 14.3 Å². The van der Waals surface area contributed by atoms with Crippen LogP contribution in [-0.2, 0) is 6.61 Å². The van der Waals surface area contributed by atoms with Crippen molar-refractivity contribution in [3.05, 3.63) is 86.8 Å². The van der Waals surface area contributed by atoms with Crippen LogP contribution in [0.5, 0.6) is 11.5 Å². The van der Waals surface area contributed by atoms with E-state index >= 15 is 0 Å². The van der Waals surface area contributed by atoms with Gasteiger partial charge in [0.25, 0.3) is 11.5 Å². The number of aromatic nitrogens is 2. The number of methoxy groups -OCH3 is 1. The number of anilines is 1. The summed E-state index contributed by atoms with van der Waals surface area (Å²) in [4.78, 5) is 31.3. The van der Waals surface area contributed by atoms with E-state index < -0.39 is 0 Å². The van der Waals surface area contributed by atoms with Gasteiger partial charge in [0.15, 0.2) is 4.96 Å². The molecular weight excluding hydrogens is 414 g/mol. The quantitative estimate of drug-likeness (QED) is 0.491. The second-order valence-corrected chi connectivity index (χ2v) is 8.24. The van der Waals surface area contributed by atoms with E-state index in [2.05, 4.69) is 10.3 Å². The van der Waals surface area contributed by atoms with E-state index in [0.717, 1.165) is 10.4 Å². The van der Waals surface area contributed by atoms with E-state index in [0.29, 0.717) is 33.4 Å². The lowest BCUT2D eigenvalue weighted by molar-refractivity contribution is 0.102. The predicted molar refractivity (Wildman–Crippen MR) is 121 cm³/mol. The average Bonchev–Trinajstić information content (AvgIpc) is 3.14. The minimum absolute atomic E-state index is 0.100. The number of benzene rings is 2. The van der Waals surface area contributed by atoms with Crippen LogP contribution in [0.1, 0.15) is 26.5 Å². The second kappa shape index (κ2) is 8.61. The number of hydrogen-bond acceptors (Lipinski definition) is 6. The highest BCUT2D eigenvalue weighted by Crippen LogP contribution is 2.28. The van der Waals surface area contributed by atoms with Crippen molar-refractivity contribution in [2.45, 2.75) is 20.5 Å². The first-order chi connectivity index (χ1) is 14.9. The molecule has 1 amide bonds. The Morgan fingerprint density at radius 1 is 1.13 bits per heavy atom. The van der Waals surface area contributed by atoms with Gasteiger partial charge < -0.3 is 14.8 Å². The van der Waals surface area contributed by atoms with Gasteiger partial charge in [-0.1, -0.05) is 18.2 Å². The first kappa shape index (κ1) is 20.6. The number of aryl methyl sites for hydroxylation is 2. The Balaban J connectivity index is 1.57. The van der Waals surface area contributed by atoms with Gasteiger partial charge in [-0.15, -0.1) is 11.3 Å². The van der Waals surface area contributed by atoms with Crippen molar-refractivity contribution in [1.82, 2.24) is 9.38 Å². The number of carbonyl (C=O) groups excluding carboxylic acids is 1. The molecule has 0 fully saturated rings. The molecule has 8 heteroatoms. The van der Waals surface area contributed by atoms with Gasteiger partial charge in [0.2, 0.25) is 0 Å². The smallest absolute Gasteiger partial charge is 0.259 e. The van der Waals surface area contributed by atoms with Gasteiger partial charge in [-0.2, -0.15) is 0 Å². The zero-order chi connectivity index (χ0) is 22.0. The van der Waals surface area contributed by atoms with Crippen LogP contribution in [0.15, 0.2) is 59.5 Å². The summed E-state index contributed by atoms with van der Waals surface area (Å²) in [5.74, 6) is 0.664. The molecule has 0 saturated carbocycles. The van der Waals surface area contributed by atoms with Crippen molar-refractivity contribution in [2.75, 3.05) is 12.4 Å². The van der Waals surface area contributed by atoms with Crippen molar-refractivity contribution >= 4 is 27.9 Å². The molecule has 4 aromatic rings. The molecule has 0 spiro atoms. The molecule has 2 aromatic heterocycles. The summed E-state index contributed by atoms with van der Waals surface area (Å²) in [6, 6.07) is 14.0. The zero-order valence-corrected chi connectivity index (χ0v) is 18.2. The largest absolute Gasteiger partial charge is 0.496 e. The van der Waals surface area contributed by atoms with Crippen LogP contribution in [0.4, 0.5) is 5.69 Å². The minimum Gasteiger partial charge on any atom is -0.496 e. The van der Waals surface area contributed by atoms with Crippen LogP contribution in [0, 0.1) is 13.8 Å². The number of carbonyl (C=O) groups is 1. The van der Waals surface area contributed by atoms with Crippen LogP contribution in [0.25, 0.3) is 4.96 Å². The number of para-hydroxylation sites is 1. The lowest BCUT2D eigenvalue weighted by Crippen LogP contribution is -2.15. The van der Waals surface area contributed by atoms with E-state index in [1.807, 2.05) is 26.0 Å².